The number of carbonyl (C=O) groups excluding carboxylic acids is 2. The Balaban J connectivity index is 1.56. The second kappa shape index (κ2) is 6.02. The van der Waals surface area contributed by atoms with Crippen LogP contribution in [0.15, 0.2) is 42.9 Å². The first-order valence-electron chi connectivity index (χ1n) is 8.73. The Kier molecular flexibility index (Phi) is 3.82. The normalized spacial score (nSPS) is 23.5. The standard InChI is InChI=1S/C19H22N4O2/c1-21-10-3-6-16(21)17(24)22-11-4-7-19(14-22)8-12-23(18(19)25)15-5-2-9-20-13-15/h2-3,5-6,9-10,13H,4,7-8,11-12,14H2,1H3. The molecule has 6 heteroatoms. The Bertz CT molecular complexity index is 801. The molecule has 2 aromatic heterocycles. The number of aromatic nitrogens is 2. The van der Waals surface area contributed by atoms with Gasteiger partial charge in [0.15, 0.2) is 0 Å². The third-order valence-electron chi connectivity index (χ3n) is 5.50. The third kappa shape index (κ3) is 2.62. The number of carbonyl (C=O) groups is 2. The number of piperidine rings is 1. The van der Waals surface area contributed by atoms with Gasteiger partial charge in [-0.05, 0) is 43.5 Å². The van der Waals surface area contributed by atoms with E-state index in [1.165, 1.54) is 0 Å². The van der Waals surface area contributed by atoms with E-state index in [0.717, 1.165) is 24.9 Å². The zero-order valence-corrected chi connectivity index (χ0v) is 14.4. The number of amides is 2. The summed E-state index contributed by atoms with van der Waals surface area (Å²) in [4.78, 5) is 33.8. The molecule has 0 aliphatic carbocycles. The van der Waals surface area contributed by atoms with Crippen molar-refractivity contribution < 1.29 is 9.59 Å². The Morgan fingerprint density at radius 1 is 1.20 bits per heavy atom. The van der Waals surface area contributed by atoms with Crippen LogP contribution in [-0.4, -0.2) is 45.9 Å². The second-order valence-electron chi connectivity index (χ2n) is 7.03. The minimum absolute atomic E-state index is 0.0132. The highest BCUT2D eigenvalue weighted by molar-refractivity contribution is 6.01. The van der Waals surface area contributed by atoms with Crippen molar-refractivity contribution in [2.24, 2.45) is 12.5 Å². The van der Waals surface area contributed by atoms with E-state index in [4.69, 9.17) is 0 Å². The fourth-order valence-corrected chi connectivity index (χ4v) is 4.11. The van der Waals surface area contributed by atoms with Gasteiger partial charge in [-0.2, -0.15) is 0 Å². The van der Waals surface area contributed by atoms with Crippen molar-refractivity contribution in [3.8, 4) is 0 Å². The zero-order chi connectivity index (χ0) is 17.4. The number of hydrogen-bond donors (Lipinski definition) is 0. The lowest BCUT2D eigenvalue weighted by atomic mass is 9.78. The molecule has 2 aliphatic heterocycles. The molecule has 1 unspecified atom stereocenters. The number of rotatable bonds is 2. The maximum Gasteiger partial charge on any atom is 0.270 e. The van der Waals surface area contributed by atoms with Crippen LogP contribution in [0.3, 0.4) is 0 Å². The summed E-state index contributed by atoms with van der Waals surface area (Å²) in [6, 6.07) is 7.47. The molecule has 2 fully saturated rings. The van der Waals surface area contributed by atoms with Gasteiger partial charge in [0, 0.05) is 39.1 Å². The quantitative estimate of drug-likeness (QED) is 0.842. The molecule has 6 nitrogen and oxygen atoms in total. The molecule has 1 atom stereocenters. The van der Waals surface area contributed by atoms with Crippen LogP contribution in [0.1, 0.15) is 29.8 Å². The number of likely N-dealkylation sites (tertiary alicyclic amines) is 1. The number of pyridine rings is 1. The highest BCUT2D eigenvalue weighted by Gasteiger charge is 2.50. The van der Waals surface area contributed by atoms with Crippen molar-refractivity contribution in [1.82, 2.24) is 14.5 Å². The van der Waals surface area contributed by atoms with Gasteiger partial charge in [0.1, 0.15) is 5.69 Å². The fraction of sp³-hybridized carbons (Fsp3) is 0.421. The van der Waals surface area contributed by atoms with Crippen molar-refractivity contribution in [2.45, 2.75) is 19.3 Å². The molecular formula is C19H22N4O2. The van der Waals surface area contributed by atoms with Gasteiger partial charge < -0.3 is 14.4 Å². The molecule has 0 bridgehead atoms. The molecule has 0 aromatic carbocycles. The summed E-state index contributed by atoms with van der Waals surface area (Å²) in [6.45, 7) is 1.91. The molecule has 4 heterocycles. The first kappa shape index (κ1) is 15.9. The Morgan fingerprint density at radius 3 is 2.80 bits per heavy atom. The van der Waals surface area contributed by atoms with Crippen molar-refractivity contribution in [2.75, 3.05) is 24.5 Å². The molecule has 1 spiro atoms. The van der Waals surface area contributed by atoms with E-state index < -0.39 is 5.41 Å². The van der Waals surface area contributed by atoms with Crippen molar-refractivity contribution in [1.29, 1.82) is 0 Å². The topological polar surface area (TPSA) is 58.4 Å². The summed E-state index contributed by atoms with van der Waals surface area (Å²) in [5.74, 6) is 0.143. The van der Waals surface area contributed by atoms with Crippen LogP contribution in [0.25, 0.3) is 0 Å². The molecule has 2 saturated heterocycles. The summed E-state index contributed by atoms with van der Waals surface area (Å²) >= 11 is 0. The first-order chi connectivity index (χ1) is 12.1. The van der Waals surface area contributed by atoms with Crippen molar-refractivity contribution >= 4 is 17.5 Å². The fourth-order valence-electron chi connectivity index (χ4n) is 4.11. The van der Waals surface area contributed by atoms with E-state index in [1.54, 1.807) is 12.4 Å². The Hall–Kier alpha value is -2.63. The monoisotopic (exact) mass is 338 g/mol. The minimum atomic E-state index is -0.449. The summed E-state index contributed by atoms with van der Waals surface area (Å²) in [6.07, 6.45) is 7.81. The molecule has 4 rings (SSSR count). The molecule has 2 amide bonds. The van der Waals surface area contributed by atoms with Gasteiger partial charge in [-0.25, -0.2) is 0 Å². The van der Waals surface area contributed by atoms with Crippen LogP contribution in [-0.2, 0) is 11.8 Å². The lowest BCUT2D eigenvalue weighted by Gasteiger charge is -2.39. The average Bonchev–Trinajstić information content (AvgIpc) is 3.20. The van der Waals surface area contributed by atoms with Gasteiger partial charge in [-0.1, -0.05) is 0 Å². The Labute approximate surface area is 147 Å². The average molecular weight is 338 g/mol. The maximum absolute atomic E-state index is 13.2. The van der Waals surface area contributed by atoms with Crippen LogP contribution in [0.5, 0.6) is 0 Å². The lowest BCUT2D eigenvalue weighted by molar-refractivity contribution is -0.127. The van der Waals surface area contributed by atoms with Gasteiger partial charge in [0.05, 0.1) is 17.3 Å². The summed E-state index contributed by atoms with van der Waals surface area (Å²) in [5, 5.41) is 0. The molecule has 2 aliphatic rings. The third-order valence-corrected chi connectivity index (χ3v) is 5.50. The molecule has 0 saturated carbocycles. The van der Waals surface area contributed by atoms with Gasteiger partial charge in [-0.3, -0.25) is 14.6 Å². The van der Waals surface area contributed by atoms with Crippen molar-refractivity contribution in [3.63, 3.8) is 0 Å². The van der Waals surface area contributed by atoms with E-state index in [-0.39, 0.29) is 11.8 Å². The molecule has 25 heavy (non-hydrogen) atoms. The SMILES string of the molecule is Cn1cccc1C(=O)N1CCCC2(CCN(c3cccnc3)C2=O)C1. The smallest absolute Gasteiger partial charge is 0.270 e. The molecule has 2 aromatic rings. The van der Waals surface area contributed by atoms with Gasteiger partial charge in [0.25, 0.3) is 5.91 Å². The summed E-state index contributed by atoms with van der Waals surface area (Å²) in [7, 11) is 1.87. The van der Waals surface area contributed by atoms with E-state index in [2.05, 4.69) is 4.98 Å². The molecular weight excluding hydrogens is 316 g/mol. The van der Waals surface area contributed by atoms with Crippen LogP contribution in [0.4, 0.5) is 5.69 Å². The number of hydrogen-bond acceptors (Lipinski definition) is 3. The van der Waals surface area contributed by atoms with Crippen molar-refractivity contribution in [3.05, 3.63) is 48.5 Å². The van der Waals surface area contributed by atoms with Gasteiger partial charge in [0.2, 0.25) is 5.91 Å². The summed E-state index contributed by atoms with van der Waals surface area (Å²) < 4.78 is 1.84. The number of nitrogens with zero attached hydrogens (tertiary/aromatic N) is 4. The molecule has 0 N–H and O–H groups in total. The predicted octanol–water partition coefficient (Wildman–Crippen LogP) is 2.08. The molecule has 0 radical (unpaired) electrons. The van der Waals surface area contributed by atoms with E-state index >= 15 is 0 Å². The highest BCUT2D eigenvalue weighted by atomic mass is 16.2. The van der Waals surface area contributed by atoms with E-state index in [0.29, 0.717) is 25.3 Å². The van der Waals surface area contributed by atoms with Crippen LogP contribution < -0.4 is 4.90 Å². The van der Waals surface area contributed by atoms with Crippen LogP contribution in [0, 0.1) is 5.41 Å². The van der Waals surface area contributed by atoms with Crippen LogP contribution >= 0.6 is 0 Å². The second-order valence-corrected chi connectivity index (χ2v) is 7.03. The van der Waals surface area contributed by atoms with Gasteiger partial charge in [-0.15, -0.1) is 0 Å². The lowest BCUT2D eigenvalue weighted by Crippen LogP contribution is -2.50. The minimum Gasteiger partial charge on any atom is -0.347 e. The van der Waals surface area contributed by atoms with Gasteiger partial charge >= 0.3 is 0 Å². The first-order valence-corrected chi connectivity index (χ1v) is 8.73. The zero-order valence-electron chi connectivity index (χ0n) is 14.4. The predicted molar refractivity (Wildman–Crippen MR) is 94.2 cm³/mol. The summed E-state index contributed by atoms with van der Waals surface area (Å²) in [5.41, 5.74) is 1.07. The number of aryl methyl sites for hydroxylation is 1. The van der Waals surface area contributed by atoms with E-state index in [9.17, 15) is 9.59 Å². The highest BCUT2D eigenvalue weighted by Crippen LogP contribution is 2.41. The van der Waals surface area contributed by atoms with Crippen LogP contribution in [0.2, 0.25) is 0 Å². The van der Waals surface area contributed by atoms with E-state index in [1.807, 2.05) is 51.9 Å². The largest absolute Gasteiger partial charge is 0.347 e. The number of anilines is 1. The Morgan fingerprint density at radius 2 is 2.08 bits per heavy atom. The molecule has 130 valence electrons. The maximum atomic E-state index is 13.2.